The Hall–Kier alpha value is -3.91. The Kier molecular flexibility index (Phi) is 6.61. The maximum atomic E-state index is 13.7. The number of aromatic amines is 1. The highest BCUT2D eigenvalue weighted by Gasteiger charge is 2.43. The van der Waals surface area contributed by atoms with E-state index in [1.807, 2.05) is 55.5 Å². The van der Waals surface area contributed by atoms with Crippen LogP contribution >= 0.6 is 15.9 Å². The van der Waals surface area contributed by atoms with Crippen LogP contribution in [0.25, 0.3) is 11.3 Å². The van der Waals surface area contributed by atoms with Gasteiger partial charge in [-0.3, -0.25) is 14.8 Å². The molecule has 7 nitrogen and oxygen atoms in total. The fourth-order valence-electron chi connectivity index (χ4n) is 4.44. The minimum Gasteiger partial charge on any atom is -0.494 e. The second-order valence-corrected chi connectivity index (χ2v) is 9.13. The highest BCUT2D eigenvalue weighted by molar-refractivity contribution is 9.10. The number of benzene rings is 3. The molecule has 0 saturated carbocycles. The number of anilines is 1. The molecular weight excluding hydrogens is 522 g/mol. The van der Waals surface area contributed by atoms with Gasteiger partial charge in [-0.05, 0) is 80.1 Å². The average Bonchev–Trinajstić information content (AvgIpc) is 3.44. The maximum Gasteiger partial charge on any atom is 0.338 e. The predicted molar refractivity (Wildman–Crippen MR) is 140 cm³/mol. The first kappa shape index (κ1) is 23.8. The lowest BCUT2D eigenvalue weighted by atomic mass is 9.96. The zero-order valence-corrected chi connectivity index (χ0v) is 21.4. The molecule has 3 aromatic carbocycles. The van der Waals surface area contributed by atoms with Crippen molar-refractivity contribution in [3.05, 3.63) is 99.7 Å². The number of nitrogens with zero attached hydrogens (tertiary/aromatic N) is 2. The third kappa shape index (κ3) is 4.28. The molecule has 1 atom stereocenters. The monoisotopic (exact) mass is 545 g/mol. The molecule has 0 fully saturated rings. The molecule has 1 aliphatic heterocycles. The highest BCUT2D eigenvalue weighted by Crippen LogP contribution is 2.45. The summed E-state index contributed by atoms with van der Waals surface area (Å²) in [6.07, 6.45) is 0. The molecule has 36 heavy (non-hydrogen) atoms. The number of halogens is 1. The van der Waals surface area contributed by atoms with Gasteiger partial charge in [0.25, 0.3) is 5.91 Å². The molecule has 1 unspecified atom stereocenters. The Bertz CT molecular complexity index is 1400. The number of carbonyl (C=O) groups is 2. The van der Waals surface area contributed by atoms with E-state index in [-0.39, 0.29) is 5.91 Å². The summed E-state index contributed by atoms with van der Waals surface area (Å²) in [7, 11) is 0. The van der Waals surface area contributed by atoms with Gasteiger partial charge in [-0.1, -0.05) is 28.1 Å². The number of H-pyrrole nitrogens is 1. The fraction of sp³-hybridized carbons (Fsp3) is 0.179. The van der Waals surface area contributed by atoms with Crippen LogP contribution in [0, 0.1) is 0 Å². The van der Waals surface area contributed by atoms with Gasteiger partial charge in [0.2, 0.25) is 0 Å². The first-order valence-electron chi connectivity index (χ1n) is 11.7. The van der Waals surface area contributed by atoms with Gasteiger partial charge >= 0.3 is 5.97 Å². The van der Waals surface area contributed by atoms with E-state index < -0.39 is 12.0 Å². The molecule has 182 valence electrons. The first-order chi connectivity index (χ1) is 17.5. The third-order valence-corrected chi connectivity index (χ3v) is 6.58. The number of fused-ring (bicyclic) bond motifs is 1. The SMILES string of the molecule is CCOC(=O)c1ccc(N2C(=O)c3[nH]nc(-c4ccc(OCC)cc4)c3C2c2ccc(Br)cc2)cc1. The van der Waals surface area contributed by atoms with Gasteiger partial charge in [0.15, 0.2) is 0 Å². The van der Waals surface area contributed by atoms with E-state index in [1.165, 1.54) is 0 Å². The highest BCUT2D eigenvalue weighted by atomic mass is 79.9. The van der Waals surface area contributed by atoms with Crippen LogP contribution in [0.3, 0.4) is 0 Å². The Labute approximate surface area is 217 Å². The van der Waals surface area contributed by atoms with Crippen LogP contribution in [0.4, 0.5) is 5.69 Å². The predicted octanol–water partition coefficient (Wildman–Crippen LogP) is 6.16. The van der Waals surface area contributed by atoms with E-state index in [1.54, 1.807) is 36.1 Å². The van der Waals surface area contributed by atoms with Crippen LogP contribution in [-0.4, -0.2) is 35.3 Å². The zero-order chi connectivity index (χ0) is 25.2. The number of hydrogen-bond acceptors (Lipinski definition) is 5. The van der Waals surface area contributed by atoms with E-state index in [4.69, 9.17) is 9.47 Å². The van der Waals surface area contributed by atoms with Gasteiger partial charge in [0.05, 0.1) is 30.5 Å². The molecule has 1 amide bonds. The van der Waals surface area contributed by atoms with Crippen molar-refractivity contribution in [3.63, 3.8) is 0 Å². The Balaban J connectivity index is 1.60. The zero-order valence-electron chi connectivity index (χ0n) is 19.8. The molecule has 2 heterocycles. The molecule has 5 rings (SSSR count). The summed E-state index contributed by atoms with van der Waals surface area (Å²) >= 11 is 3.50. The molecule has 0 saturated heterocycles. The van der Waals surface area contributed by atoms with Crippen molar-refractivity contribution in [1.29, 1.82) is 0 Å². The summed E-state index contributed by atoms with van der Waals surface area (Å²) in [5.74, 6) is 0.192. The molecule has 0 radical (unpaired) electrons. The second kappa shape index (κ2) is 9.99. The van der Waals surface area contributed by atoms with Crippen LogP contribution in [0.15, 0.2) is 77.3 Å². The van der Waals surface area contributed by atoms with Crippen LogP contribution in [-0.2, 0) is 4.74 Å². The summed E-state index contributed by atoms with van der Waals surface area (Å²) in [6, 6.07) is 22.1. The standard InChI is InChI=1S/C28H24BrN3O4/c1-3-35-22-15-9-17(10-16-22)24-23-25(31-30-24)27(33)32(26(23)18-5-11-20(29)12-6-18)21-13-7-19(8-14-21)28(34)36-4-2/h5-16,26H,3-4H2,1-2H3,(H,30,31). The van der Waals surface area contributed by atoms with Crippen LogP contribution in [0.1, 0.15) is 51.9 Å². The molecule has 4 aromatic rings. The molecule has 0 spiro atoms. The minimum absolute atomic E-state index is 0.188. The van der Waals surface area contributed by atoms with Crippen molar-refractivity contribution in [1.82, 2.24) is 10.2 Å². The van der Waals surface area contributed by atoms with E-state index in [2.05, 4.69) is 26.1 Å². The summed E-state index contributed by atoms with van der Waals surface area (Å²) in [5.41, 5.74) is 4.88. The first-order valence-corrected chi connectivity index (χ1v) is 12.5. The smallest absolute Gasteiger partial charge is 0.338 e. The molecule has 1 N–H and O–H groups in total. The molecule has 8 heteroatoms. The number of rotatable bonds is 7. The number of hydrogen-bond donors (Lipinski definition) is 1. The molecular formula is C28H24BrN3O4. The van der Waals surface area contributed by atoms with Crippen molar-refractivity contribution >= 4 is 33.5 Å². The summed E-state index contributed by atoms with van der Waals surface area (Å²) in [6.45, 7) is 4.59. The van der Waals surface area contributed by atoms with E-state index >= 15 is 0 Å². The third-order valence-electron chi connectivity index (χ3n) is 6.05. The van der Waals surface area contributed by atoms with Gasteiger partial charge in [-0.25, -0.2) is 4.79 Å². The normalized spacial score (nSPS) is 14.6. The largest absolute Gasteiger partial charge is 0.494 e. The lowest BCUT2D eigenvalue weighted by Gasteiger charge is -2.26. The number of esters is 1. The summed E-state index contributed by atoms with van der Waals surface area (Å²) in [5, 5.41) is 7.51. The number of aromatic nitrogens is 2. The van der Waals surface area contributed by atoms with Crippen molar-refractivity contribution in [2.24, 2.45) is 0 Å². The molecule has 0 bridgehead atoms. The topological polar surface area (TPSA) is 84.5 Å². The molecule has 1 aromatic heterocycles. The van der Waals surface area contributed by atoms with Crippen LogP contribution in [0.2, 0.25) is 0 Å². The maximum absolute atomic E-state index is 13.7. The van der Waals surface area contributed by atoms with Crippen molar-refractivity contribution in [2.75, 3.05) is 18.1 Å². The van der Waals surface area contributed by atoms with Gasteiger partial charge in [-0.15, -0.1) is 0 Å². The van der Waals surface area contributed by atoms with Crippen LogP contribution in [0.5, 0.6) is 5.75 Å². The number of nitrogens with one attached hydrogen (secondary N) is 1. The van der Waals surface area contributed by atoms with Crippen LogP contribution < -0.4 is 9.64 Å². The Morgan fingerprint density at radius 2 is 1.67 bits per heavy atom. The van der Waals surface area contributed by atoms with E-state index in [0.717, 1.165) is 26.9 Å². The van der Waals surface area contributed by atoms with Crippen molar-refractivity contribution < 1.29 is 19.1 Å². The summed E-state index contributed by atoms with van der Waals surface area (Å²) in [4.78, 5) is 27.6. The van der Waals surface area contributed by atoms with Gasteiger partial charge < -0.3 is 9.47 Å². The fourth-order valence-corrected chi connectivity index (χ4v) is 4.71. The Morgan fingerprint density at radius 1 is 0.972 bits per heavy atom. The lowest BCUT2D eigenvalue weighted by Crippen LogP contribution is -2.29. The molecule has 1 aliphatic rings. The van der Waals surface area contributed by atoms with Gasteiger partial charge in [-0.2, -0.15) is 5.10 Å². The number of ether oxygens (including phenoxy) is 2. The van der Waals surface area contributed by atoms with E-state index in [0.29, 0.717) is 35.9 Å². The lowest BCUT2D eigenvalue weighted by molar-refractivity contribution is 0.0526. The van der Waals surface area contributed by atoms with Gasteiger partial charge in [0, 0.05) is 21.3 Å². The minimum atomic E-state index is -0.408. The van der Waals surface area contributed by atoms with E-state index in [9.17, 15) is 9.59 Å². The Morgan fingerprint density at radius 3 is 2.31 bits per heavy atom. The number of amides is 1. The van der Waals surface area contributed by atoms with Gasteiger partial charge in [0.1, 0.15) is 11.4 Å². The number of carbonyl (C=O) groups excluding carboxylic acids is 2. The summed E-state index contributed by atoms with van der Waals surface area (Å²) < 4.78 is 11.6. The van der Waals surface area contributed by atoms with Crippen molar-refractivity contribution in [2.45, 2.75) is 19.9 Å². The quantitative estimate of drug-likeness (QED) is 0.281. The van der Waals surface area contributed by atoms with Crippen molar-refractivity contribution in [3.8, 4) is 17.0 Å². The average molecular weight is 546 g/mol. The second-order valence-electron chi connectivity index (χ2n) is 8.21. The molecule has 0 aliphatic carbocycles.